The Kier molecular flexibility index (Phi) is 3.87. The zero-order valence-corrected chi connectivity index (χ0v) is 12.9. The van der Waals surface area contributed by atoms with Gasteiger partial charge in [-0.05, 0) is 47.1 Å². The lowest BCUT2D eigenvalue weighted by molar-refractivity contribution is 1.14. The number of nitrogens with one attached hydrogen (secondary N) is 1. The second-order valence-corrected chi connectivity index (χ2v) is 5.33. The molecule has 3 aromatic heterocycles. The van der Waals surface area contributed by atoms with Gasteiger partial charge in [0.25, 0.3) is 0 Å². The standard InChI is InChI=1S/C15H12BrN5/c1-10-14(7-12(16)9-19-10)21-15-18-6-4-13(20-15)11-3-2-5-17-8-11/h2-9H,1H3,(H,18,20,21). The van der Waals surface area contributed by atoms with E-state index in [1.54, 1.807) is 24.8 Å². The van der Waals surface area contributed by atoms with Crippen molar-refractivity contribution in [2.45, 2.75) is 6.92 Å². The maximum Gasteiger partial charge on any atom is 0.227 e. The molecule has 0 spiro atoms. The predicted molar refractivity (Wildman–Crippen MR) is 85.2 cm³/mol. The molecule has 0 fully saturated rings. The molecule has 21 heavy (non-hydrogen) atoms. The van der Waals surface area contributed by atoms with Crippen molar-refractivity contribution in [1.82, 2.24) is 19.9 Å². The molecule has 0 aromatic carbocycles. The van der Waals surface area contributed by atoms with Gasteiger partial charge in [0.1, 0.15) is 0 Å². The molecular formula is C15H12BrN5. The molecule has 0 saturated carbocycles. The molecule has 0 aliphatic rings. The summed E-state index contributed by atoms with van der Waals surface area (Å²) in [4.78, 5) is 17.1. The highest BCUT2D eigenvalue weighted by molar-refractivity contribution is 9.10. The lowest BCUT2D eigenvalue weighted by Gasteiger charge is -2.08. The second-order valence-electron chi connectivity index (χ2n) is 4.42. The maximum absolute atomic E-state index is 4.50. The van der Waals surface area contributed by atoms with E-state index in [-0.39, 0.29) is 0 Å². The first-order valence-electron chi connectivity index (χ1n) is 6.35. The van der Waals surface area contributed by atoms with Crippen molar-refractivity contribution < 1.29 is 0 Å². The molecular weight excluding hydrogens is 330 g/mol. The average molecular weight is 342 g/mol. The van der Waals surface area contributed by atoms with Gasteiger partial charge in [-0.3, -0.25) is 9.97 Å². The van der Waals surface area contributed by atoms with Crippen LogP contribution in [0.4, 0.5) is 11.6 Å². The molecule has 0 atom stereocenters. The summed E-state index contributed by atoms with van der Waals surface area (Å²) < 4.78 is 0.902. The van der Waals surface area contributed by atoms with Crippen LogP contribution in [0.1, 0.15) is 5.69 Å². The van der Waals surface area contributed by atoms with Gasteiger partial charge in [0.2, 0.25) is 5.95 Å². The Bertz CT molecular complexity index is 761. The van der Waals surface area contributed by atoms with E-state index in [1.807, 2.05) is 31.2 Å². The lowest BCUT2D eigenvalue weighted by Crippen LogP contribution is -2.00. The SMILES string of the molecule is Cc1ncc(Br)cc1Nc1nccc(-c2cccnc2)n1. The van der Waals surface area contributed by atoms with Gasteiger partial charge in [-0.2, -0.15) is 0 Å². The van der Waals surface area contributed by atoms with Crippen LogP contribution < -0.4 is 5.32 Å². The minimum Gasteiger partial charge on any atom is -0.323 e. The Morgan fingerprint density at radius 3 is 2.81 bits per heavy atom. The van der Waals surface area contributed by atoms with E-state index < -0.39 is 0 Å². The van der Waals surface area contributed by atoms with Crippen LogP contribution in [0.15, 0.2) is 53.5 Å². The molecule has 3 heterocycles. The van der Waals surface area contributed by atoms with Gasteiger partial charge < -0.3 is 5.32 Å². The molecule has 0 bridgehead atoms. The number of nitrogens with zero attached hydrogens (tertiary/aromatic N) is 4. The minimum atomic E-state index is 0.527. The smallest absolute Gasteiger partial charge is 0.227 e. The number of hydrogen-bond acceptors (Lipinski definition) is 5. The predicted octanol–water partition coefficient (Wildman–Crippen LogP) is 3.75. The molecule has 1 N–H and O–H groups in total. The number of hydrogen-bond donors (Lipinski definition) is 1. The Hall–Kier alpha value is -2.34. The van der Waals surface area contributed by atoms with Crippen molar-refractivity contribution in [1.29, 1.82) is 0 Å². The molecule has 0 aliphatic carbocycles. The fraction of sp³-hybridized carbons (Fsp3) is 0.0667. The number of aryl methyl sites for hydroxylation is 1. The summed E-state index contributed by atoms with van der Waals surface area (Å²) in [6.07, 6.45) is 6.99. The highest BCUT2D eigenvalue weighted by Crippen LogP contribution is 2.22. The minimum absolute atomic E-state index is 0.527. The van der Waals surface area contributed by atoms with E-state index in [0.717, 1.165) is 27.1 Å². The number of pyridine rings is 2. The normalized spacial score (nSPS) is 10.4. The van der Waals surface area contributed by atoms with Crippen LogP contribution in [0.2, 0.25) is 0 Å². The highest BCUT2D eigenvalue weighted by Gasteiger charge is 2.05. The summed E-state index contributed by atoms with van der Waals surface area (Å²) in [6.45, 7) is 1.93. The van der Waals surface area contributed by atoms with Crippen molar-refractivity contribution in [3.8, 4) is 11.3 Å². The first-order valence-corrected chi connectivity index (χ1v) is 7.14. The first kappa shape index (κ1) is 13.6. The molecule has 0 saturated heterocycles. The molecule has 104 valence electrons. The third-order valence-corrected chi connectivity index (χ3v) is 3.35. The Labute approximate surface area is 130 Å². The second kappa shape index (κ2) is 5.97. The quantitative estimate of drug-likeness (QED) is 0.785. The molecule has 0 radical (unpaired) electrons. The summed E-state index contributed by atoms with van der Waals surface area (Å²) in [5.74, 6) is 0.527. The monoisotopic (exact) mass is 341 g/mol. The fourth-order valence-corrected chi connectivity index (χ4v) is 2.18. The number of halogens is 1. The van der Waals surface area contributed by atoms with Crippen LogP contribution in [0.25, 0.3) is 11.3 Å². The van der Waals surface area contributed by atoms with Crippen LogP contribution in [-0.2, 0) is 0 Å². The Morgan fingerprint density at radius 2 is 2.00 bits per heavy atom. The molecule has 0 unspecified atom stereocenters. The van der Waals surface area contributed by atoms with Crippen LogP contribution in [-0.4, -0.2) is 19.9 Å². The summed E-state index contributed by atoms with van der Waals surface area (Å²) in [7, 11) is 0. The van der Waals surface area contributed by atoms with E-state index >= 15 is 0 Å². The van der Waals surface area contributed by atoms with Gasteiger partial charge in [-0.1, -0.05) is 0 Å². The molecule has 0 amide bonds. The van der Waals surface area contributed by atoms with Crippen molar-refractivity contribution in [2.75, 3.05) is 5.32 Å². The molecule has 0 aliphatic heterocycles. The summed E-state index contributed by atoms with van der Waals surface area (Å²) in [6, 6.07) is 7.65. The highest BCUT2D eigenvalue weighted by atomic mass is 79.9. The molecule has 3 aromatic rings. The zero-order chi connectivity index (χ0) is 14.7. The van der Waals surface area contributed by atoms with Crippen molar-refractivity contribution >= 4 is 27.6 Å². The molecule has 6 heteroatoms. The van der Waals surface area contributed by atoms with Gasteiger partial charge in [0.15, 0.2) is 0 Å². The van der Waals surface area contributed by atoms with Gasteiger partial charge in [0, 0.05) is 34.8 Å². The van der Waals surface area contributed by atoms with Gasteiger partial charge >= 0.3 is 0 Å². The number of rotatable bonds is 3. The van der Waals surface area contributed by atoms with Crippen molar-refractivity contribution in [3.05, 3.63) is 59.2 Å². The summed E-state index contributed by atoms with van der Waals surface area (Å²) >= 11 is 3.41. The Morgan fingerprint density at radius 1 is 1.10 bits per heavy atom. The number of anilines is 2. The van der Waals surface area contributed by atoms with Gasteiger partial charge in [-0.25, -0.2) is 9.97 Å². The third-order valence-electron chi connectivity index (χ3n) is 2.91. The topological polar surface area (TPSA) is 63.6 Å². The third kappa shape index (κ3) is 3.22. The largest absolute Gasteiger partial charge is 0.323 e. The van der Waals surface area contributed by atoms with Crippen LogP contribution >= 0.6 is 15.9 Å². The van der Waals surface area contributed by atoms with Crippen LogP contribution in [0.3, 0.4) is 0 Å². The average Bonchev–Trinajstić information content (AvgIpc) is 2.52. The summed E-state index contributed by atoms with van der Waals surface area (Å²) in [5.41, 5.74) is 3.52. The van der Waals surface area contributed by atoms with E-state index in [9.17, 15) is 0 Å². The number of aromatic nitrogens is 4. The van der Waals surface area contributed by atoms with Crippen molar-refractivity contribution in [2.24, 2.45) is 0 Å². The van der Waals surface area contributed by atoms with E-state index in [0.29, 0.717) is 5.95 Å². The first-order chi connectivity index (χ1) is 10.2. The zero-order valence-electron chi connectivity index (χ0n) is 11.3. The fourth-order valence-electron chi connectivity index (χ4n) is 1.85. The summed E-state index contributed by atoms with van der Waals surface area (Å²) in [5, 5.41) is 3.19. The lowest BCUT2D eigenvalue weighted by atomic mass is 10.2. The van der Waals surface area contributed by atoms with E-state index in [1.165, 1.54) is 0 Å². The van der Waals surface area contributed by atoms with E-state index in [2.05, 4.69) is 41.2 Å². The van der Waals surface area contributed by atoms with Crippen molar-refractivity contribution in [3.63, 3.8) is 0 Å². The van der Waals surface area contributed by atoms with Crippen LogP contribution in [0.5, 0.6) is 0 Å². The van der Waals surface area contributed by atoms with Crippen LogP contribution in [0, 0.1) is 6.92 Å². The van der Waals surface area contributed by atoms with E-state index in [4.69, 9.17) is 0 Å². The molecule has 3 rings (SSSR count). The Balaban J connectivity index is 1.92. The maximum atomic E-state index is 4.50. The van der Waals surface area contributed by atoms with Gasteiger partial charge in [-0.15, -0.1) is 0 Å². The molecule has 5 nitrogen and oxygen atoms in total. The van der Waals surface area contributed by atoms with Gasteiger partial charge in [0.05, 0.1) is 17.1 Å².